The molecule has 0 aliphatic carbocycles. The molecule has 0 saturated heterocycles. The number of nitrogens with zero attached hydrogens (tertiary/aromatic N) is 1. The maximum absolute atomic E-state index is 12.0. The van der Waals surface area contributed by atoms with E-state index < -0.39 is 0 Å². The van der Waals surface area contributed by atoms with Crippen LogP contribution in [0.1, 0.15) is 15.9 Å². The van der Waals surface area contributed by atoms with E-state index in [-0.39, 0.29) is 5.97 Å². The van der Waals surface area contributed by atoms with Gasteiger partial charge < -0.3 is 14.4 Å². The number of hydrogen-bond donors (Lipinski definition) is 0. The van der Waals surface area contributed by atoms with Gasteiger partial charge in [-0.15, -0.1) is 0 Å². The van der Waals surface area contributed by atoms with Gasteiger partial charge in [0, 0.05) is 26.2 Å². The zero-order valence-corrected chi connectivity index (χ0v) is 13.2. The standard InChI is InChI=1S/C18H21NO3/c1-19(2)16-6-4-5-15(13-16)18(20)22-12-11-14-7-9-17(21-3)10-8-14/h4-10,13H,11-12H2,1-3H3. The van der Waals surface area contributed by atoms with Gasteiger partial charge in [-0.25, -0.2) is 4.79 Å². The molecule has 0 heterocycles. The Labute approximate surface area is 131 Å². The monoisotopic (exact) mass is 299 g/mol. The fourth-order valence-corrected chi connectivity index (χ4v) is 2.05. The van der Waals surface area contributed by atoms with Crippen LogP contribution < -0.4 is 9.64 Å². The zero-order valence-electron chi connectivity index (χ0n) is 13.2. The van der Waals surface area contributed by atoms with Gasteiger partial charge in [0.25, 0.3) is 0 Å². The van der Waals surface area contributed by atoms with E-state index in [0.717, 1.165) is 17.0 Å². The van der Waals surface area contributed by atoms with Crippen molar-refractivity contribution in [1.82, 2.24) is 0 Å². The maximum atomic E-state index is 12.0. The molecule has 0 saturated carbocycles. The molecule has 0 spiro atoms. The highest BCUT2D eigenvalue weighted by atomic mass is 16.5. The van der Waals surface area contributed by atoms with Crippen LogP contribution in [0.5, 0.6) is 5.75 Å². The number of ether oxygens (including phenoxy) is 2. The predicted molar refractivity (Wildman–Crippen MR) is 87.7 cm³/mol. The second-order valence-electron chi connectivity index (χ2n) is 5.18. The van der Waals surface area contributed by atoms with Crippen LogP contribution in [-0.2, 0) is 11.2 Å². The number of methoxy groups -OCH3 is 1. The minimum absolute atomic E-state index is 0.294. The molecule has 0 N–H and O–H groups in total. The van der Waals surface area contributed by atoms with E-state index >= 15 is 0 Å². The summed E-state index contributed by atoms with van der Waals surface area (Å²) in [5.41, 5.74) is 2.65. The Morgan fingerprint density at radius 1 is 1.09 bits per heavy atom. The Kier molecular flexibility index (Phi) is 5.42. The topological polar surface area (TPSA) is 38.8 Å². The number of benzene rings is 2. The molecule has 0 fully saturated rings. The molecule has 0 bridgehead atoms. The Hall–Kier alpha value is -2.49. The molecule has 0 aliphatic heterocycles. The molecule has 2 aromatic carbocycles. The molecule has 116 valence electrons. The van der Waals surface area contributed by atoms with E-state index in [9.17, 15) is 4.79 Å². The average molecular weight is 299 g/mol. The van der Waals surface area contributed by atoms with Crippen molar-refractivity contribution >= 4 is 11.7 Å². The first-order valence-corrected chi connectivity index (χ1v) is 7.17. The molecule has 4 heteroatoms. The van der Waals surface area contributed by atoms with E-state index in [0.29, 0.717) is 18.6 Å². The van der Waals surface area contributed by atoms with Gasteiger partial charge in [-0.1, -0.05) is 18.2 Å². The number of esters is 1. The lowest BCUT2D eigenvalue weighted by atomic mass is 10.1. The van der Waals surface area contributed by atoms with Crippen LogP contribution >= 0.6 is 0 Å². The van der Waals surface area contributed by atoms with Crippen molar-refractivity contribution in [2.45, 2.75) is 6.42 Å². The summed E-state index contributed by atoms with van der Waals surface area (Å²) in [6, 6.07) is 15.1. The lowest BCUT2D eigenvalue weighted by Gasteiger charge is -2.13. The van der Waals surface area contributed by atoms with Crippen LogP contribution in [0.2, 0.25) is 0 Å². The van der Waals surface area contributed by atoms with Gasteiger partial charge in [0.05, 0.1) is 19.3 Å². The van der Waals surface area contributed by atoms with E-state index in [4.69, 9.17) is 9.47 Å². The molecule has 2 rings (SSSR count). The second-order valence-corrected chi connectivity index (χ2v) is 5.18. The van der Waals surface area contributed by atoms with Gasteiger partial charge in [-0.05, 0) is 35.9 Å². The molecule has 4 nitrogen and oxygen atoms in total. The van der Waals surface area contributed by atoms with Crippen molar-refractivity contribution in [2.75, 3.05) is 32.7 Å². The van der Waals surface area contributed by atoms with Gasteiger partial charge in [-0.3, -0.25) is 0 Å². The minimum atomic E-state index is -0.294. The zero-order chi connectivity index (χ0) is 15.9. The van der Waals surface area contributed by atoms with Gasteiger partial charge in [0.2, 0.25) is 0 Å². The summed E-state index contributed by atoms with van der Waals surface area (Å²) in [7, 11) is 5.51. The van der Waals surface area contributed by atoms with Crippen LogP contribution in [0, 0.1) is 0 Å². The lowest BCUT2D eigenvalue weighted by molar-refractivity contribution is 0.0509. The Bertz CT molecular complexity index is 620. The van der Waals surface area contributed by atoms with Crippen molar-refractivity contribution < 1.29 is 14.3 Å². The quantitative estimate of drug-likeness (QED) is 0.768. The third kappa shape index (κ3) is 4.25. The fourth-order valence-electron chi connectivity index (χ4n) is 2.05. The molecule has 0 amide bonds. The van der Waals surface area contributed by atoms with E-state index in [1.54, 1.807) is 13.2 Å². The van der Waals surface area contributed by atoms with E-state index in [1.165, 1.54) is 0 Å². The van der Waals surface area contributed by atoms with Gasteiger partial charge in [-0.2, -0.15) is 0 Å². The predicted octanol–water partition coefficient (Wildman–Crippen LogP) is 3.16. The fraction of sp³-hybridized carbons (Fsp3) is 0.278. The van der Waals surface area contributed by atoms with Crippen molar-refractivity contribution in [2.24, 2.45) is 0 Å². The highest BCUT2D eigenvalue weighted by Crippen LogP contribution is 2.15. The molecule has 22 heavy (non-hydrogen) atoms. The molecule has 2 aromatic rings. The number of hydrogen-bond acceptors (Lipinski definition) is 4. The summed E-state index contributed by atoms with van der Waals surface area (Å²) in [5.74, 6) is 0.526. The van der Waals surface area contributed by atoms with Gasteiger partial charge in [0.15, 0.2) is 0 Å². The summed E-state index contributed by atoms with van der Waals surface area (Å²) >= 11 is 0. The molecule has 0 aromatic heterocycles. The van der Waals surface area contributed by atoms with E-state index in [1.807, 2.05) is 61.5 Å². The van der Waals surface area contributed by atoms with Crippen molar-refractivity contribution in [1.29, 1.82) is 0 Å². The summed E-state index contributed by atoms with van der Waals surface area (Å²) in [5, 5.41) is 0. The first-order valence-electron chi connectivity index (χ1n) is 7.17. The summed E-state index contributed by atoms with van der Waals surface area (Å²) in [6.07, 6.45) is 0.684. The lowest BCUT2D eigenvalue weighted by Crippen LogP contribution is -2.11. The smallest absolute Gasteiger partial charge is 0.338 e. The van der Waals surface area contributed by atoms with E-state index in [2.05, 4.69) is 0 Å². The summed E-state index contributed by atoms with van der Waals surface area (Å²) in [6.45, 7) is 0.358. The highest BCUT2D eigenvalue weighted by molar-refractivity contribution is 5.90. The number of rotatable bonds is 6. The third-order valence-electron chi connectivity index (χ3n) is 3.38. The van der Waals surface area contributed by atoms with Crippen LogP contribution in [-0.4, -0.2) is 33.8 Å². The summed E-state index contributed by atoms with van der Waals surface area (Å²) < 4.78 is 10.4. The first-order chi connectivity index (χ1) is 10.6. The Morgan fingerprint density at radius 3 is 2.45 bits per heavy atom. The Balaban J connectivity index is 1.88. The number of carbonyl (C=O) groups is 1. The highest BCUT2D eigenvalue weighted by Gasteiger charge is 2.08. The largest absolute Gasteiger partial charge is 0.497 e. The minimum Gasteiger partial charge on any atom is -0.497 e. The number of carbonyl (C=O) groups excluding carboxylic acids is 1. The Morgan fingerprint density at radius 2 is 1.82 bits per heavy atom. The molecule has 0 unspecified atom stereocenters. The van der Waals surface area contributed by atoms with Crippen LogP contribution in [0.25, 0.3) is 0 Å². The number of anilines is 1. The van der Waals surface area contributed by atoms with Crippen molar-refractivity contribution in [3.63, 3.8) is 0 Å². The third-order valence-corrected chi connectivity index (χ3v) is 3.38. The molecule has 0 aliphatic rings. The molecule has 0 radical (unpaired) electrons. The molecule has 0 atom stereocenters. The van der Waals surface area contributed by atoms with Crippen molar-refractivity contribution in [3.8, 4) is 5.75 Å². The van der Waals surface area contributed by atoms with Gasteiger partial charge in [0.1, 0.15) is 5.75 Å². The van der Waals surface area contributed by atoms with Crippen LogP contribution in [0.15, 0.2) is 48.5 Å². The summed E-state index contributed by atoms with van der Waals surface area (Å²) in [4.78, 5) is 14.0. The van der Waals surface area contributed by atoms with Gasteiger partial charge >= 0.3 is 5.97 Å². The molecular formula is C18H21NO3. The normalized spacial score (nSPS) is 10.1. The average Bonchev–Trinajstić information content (AvgIpc) is 2.55. The maximum Gasteiger partial charge on any atom is 0.338 e. The van der Waals surface area contributed by atoms with Crippen LogP contribution in [0.4, 0.5) is 5.69 Å². The van der Waals surface area contributed by atoms with Crippen molar-refractivity contribution in [3.05, 3.63) is 59.7 Å². The SMILES string of the molecule is COc1ccc(CCOC(=O)c2cccc(N(C)C)c2)cc1. The molecular weight excluding hydrogens is 278 g/mol. The second kappa shape index (κ2) is 7.50. The first kappa shape index (κ1) is 15.9. The van der Waals surface area contributed by atoms with Crippen LogP contribution in [0.3, 0.4) is 0 Å².